The fraction of sp³-hybridized carbons (Fsp3) is 0.286. The van der Waals surface area contributed by atoms with E-state index in [1.54, 1.807) is 36.8 Å². The molecule has 1 N–H and O–H groups in total. The predicted molar refractivity (Wildman–Crippen MR) is 112 cm³/mol. The van der Waals surface area contributed by atoms with Gasteiger partial charge in [0.15, 0.2) is 0 Å². The lowest BCUT2D eigenvalue weighted by atomic mass is 10.1. The van der Waals surface area contributed by atoms with E-state index in [0.717, 1.165) is 35.2 Å². The molecule has 144 valence electrons. The predicted octanol–water partition coefficient (Wildman–Crippen LogP) is 4.46. The van der Waals surface area contributed by atoms with Gasteiger partial charge in [-0.3, -0.25) is 4.79 Å². The highest BCUT2D eigenvalue weighted by Gasteiger charge is 2.15. The van der Waals surface area contributed by atoms with Gasteiger partial charge in [-0.1, -0.05) is 0 Å². The summed E-state index contributed by atoms with van der Waals surface area (Å²) in [5.41, 5.74) is 2.03. The van der Waals surface area contributed by atoms with E-state index < -0.39 is 0 Å². The highest BCUT2D eigenvalue weighted by Crippen LogP contribution is 2.26. The van der Waals surface area contributed by atoms with Crippen molar-refractivity contribution in [1.29, 1.82) is 0 Å². The van der Waals surface area contributed by atoms with Crippen LogP contribution in [0.1, 0.15) is 29.8 Å². The topological polar surface area (TPSA) is 67.3 Å². The number of nitrogens with zero attached hydrogens (tertiary/aromatic N) is 3. The molecule has 7 heteroatoms. The number of carbonyl (C=O) groups is 1. The zero-order valence-corrected chi connectivity index (χ0v) is 16.5. The number of hydrogen-bond acceptors (Lipinski definition) is 6. The summed E-state index contributed by atoms with van der Waals surface area (Å²) >= 11 is 1.44. The Bertz CT molecular complexity index is 932. The van der Waals surface area contributed by atoms with Gasteiger partial charge in [-0.05, 0) is 55.7 Å². The van der Waals surface area contributed by atoms with Gasteiger partial charge in [0.1, 0.15) is 22.3 Å². The second kappa shape index (κ2) is 8.39. The van der Waals surface area contributed by atoms with Gasteiger partial charge in [-0.15, -0.1) is 11.3 Å². The third kappa shape index (κ3) is 4.14. The van der Waals surface area contributed by atoms with Crippen molar-refractivity contribution in [3.8, 4) is 16.3 Å². The number of rotatable bonds is 5. The Morgan fingerprint density at radius 3 is 2.57 bits per heavy atom. The maximum absolute atomic E-state index is 12.5. The van der Waals surface area contributed by atoms with Crippen LogP contribution in [-0.4, -0.2) is 36.1 Å². The van der Waals surface area contributed by atoms with Crippen LogP contribution in [-0.2, 0) is 0 Å². The van der Waals surface area contributed by atoms with Gasteiger partial charge in [0.2, 0.25) is 0 Å². The average Bonchev–Trinajstić information content (AvgIpc) is 3.26. The summed E-state index contributed by atoms with van der Waals surface area (Å²) in [6, 6.07) is 11.3. The first-order valence-corrected chi connectivity index (χ1v) is 10.2. The molecule has 0 spiro atoms. The van der Waals surface area contributed by atoms with Crippen LogP contribution in [0.4, 0.5) is 11.5 Å². The van der Waals surface area contributed by atoms with Crippen LogP contribution in [0.2, 0.25) is 0 Å². The van der Waals surface area contributed by atoms with Crippen molar-refractivity contribution in [2.24, 2.45) is 0 Å². The number of benzene rings is 1. The van der Waals surface area contributed by atoms with Crippen molar-refractivity contribution < 1.29 is 9.53 Å². The van der Waals surface area contributed by atoms with Crippen molar-refractivity contribution in [3.05, 3.63) is 53.7 Å². The third-order valence-electron chi connectivity index (χ3n) is 4.76. The Kier molecular flexibility index (Phi) is 5.53. The molecule has 1 aliphatic heterocycles. The molecular weight excluding hydrogens is 372 g/mol. The number of hydrogen-bond donors (Lipinski definition) is 1. The van der Waals surface area contributed by atoms with E-state index in [9.17, 15) is 4.79 Å². The van der Waals surface area contributed by atoms with Gasteiger partial charge < -0.3 is 15.0 Å². The molecule has 1 fully saturated rings. The first-order valence-electron chi connectivity index (χ1n) is 9.35. The summed E-state index contributed by atoms with van der Waals surface area (Å²) < 4.78 is 5.13. The number of thiazole rings is 1. The number of nitrogens with one attached hydrogen (secondary N) is 1. The standard InChI is InChI=1S/C21H22N4O2S/c1-27-17-8-6-16(7-9-17)23-20(26)18-14-28-21(24-18)15-5-10-19(22-13-15)25-11-3-2-4-12-25/h5-10,13-14H,2-4,11-12H2,1H3,(H,23,26). The van der Waals surface area contributed by atoms with Crippen LogP contribution in [0.25, 0.3) is 10.6 Å². The zero-order chi connectivity index (χ0) is 19.3. The highest BCUT2D eigenvalue weighted by molar-refractivity contribution is 7.13. The van der Waals surface area contributed by atoms with Crippen LogP contribution < -0.4 is 15.0 Å². The number of carbonyl (C=O) groups excluding carboxylic acids is 1. The van der Waals surface area contributed by atoms with Crippen LogP contribution in [0, 0.1) is 0 Å². The Labute approximate surface area is 168 Å². The summed E-state index contributed by atoms with van der Waals surface area (Å²) in [4.78, 5) is 23.9. The Hall–Kier alpha value is -2.93. The first-order chi connectivity index (χ1) is 13.7. The molecule has 0 atom stereocenters. The lowest BCUT2D eigenvalue weighted by Gasteiger charge is -2.27. The average molecular weight is 395 g/mol. The molecule has 1 saturated heterocycles. The smallest absolute Gasteiger partial charge is 0.275 e. The number of ether oxygens (including phenoxy) is 1. The molecule has 0 saturated carbocycles. The van der Waals surface area contributed by atoms with Crippen molar-refractivity contribution in [3.63, 3.8) is 0 Å². The van der Waals surface area contributed by atoms with Gasteiger partial charge in [-0.2, -0.15) is 0 Å². The van der Waals surface area contributed by atoms with Gasteiger partial charge >= 0.3 is 0 Å². The largest absolute Gasteiger partial charge is 0.497 e. The lowest BCUT2D eigenvalue weighted by Crippen LogP contribution is -2.29. The fourth-order valence-electron chi connectivity index (χ4n) is 3.20. The second-order valence-electron chi connectivity index (χ2n) is 6.67. The molecule has 3 heterocycles. The van der Waals surface area contributed by atoms with Gasteiger partial charge in [-0.25, -0.2) is 9.97 Å². The summed E-state index contributed by atoms with van der Waals surface area (Å²) in [7, 11) is 1.61. The SMILES string of the molecule is COc1ccc(NC(=O)c2csc(-c3ccc(N4CCCCC4)nc3)n2)cc1. The molecule has 0 bridgehead atoms. The summed E-state index contributed by atoms with van der Waals surface area (Å²) in [5, 5.41) is 5.41. The van der Waals surface area contributed by atoms with E-state index in [1.165, 1.54) is 30.6 Å². The third-order valence-corrected chi connectivity index (χ3v) is 5.65. The Morgan fingerprint density at radius 1 is 1.11 bits per heavy atom. The zero-order valence-electron chi connectivity index (χ0n) is 15.7. The summed E-state index contributed by atoms with van der Waals surface area (Å²) in [5.74, 6) is 1.53. The molecule has 2 aromatic heterocycles. The summed E-state index contributed by atoms with van der Waals surface area (Å²) in [6.45, 7) is 2.14. The first kappa shape index (κ1) is 18.4. The second-order valence-corrected chi connectivity index (χ2v) is 7.53. The maximum atomic E-state index is 12.5. The van der Waals surface area contributed by atoms with E-state index in [2.05, 4.69) is 20.2 Å². The van der Waals surface area contributed by atoms with E-state index >= 15 is 0 Å². The molecule has 0 unspecified atom stereocenters. The molecule has 1 amide bonds. The number of anilines is 2. The quantitative estimate of drug-likeness (QED) is 0.692. The fourth-order valence-corrected chi connectivity index (χ4v) is 3.99. The molecule has 0 radical (unpaired) electrons. The number of amides is 1. The van der Waals surface area contributed by atoms with Gasteiger partial charge in [0.05, 0.1) is 7.11 Å². The number of piperidine rings is 1. The Morgan fingerprint density at radius 2 is 1.89 bits per heavy atom. The minimum absolute atomic E-state index is 0.231. The van der Waals surface area contributed by atoms with Crippen LogP contribution in [0.3, 0.4) is 0 Å². The van der Waals surface area contributed by atoms with E-state index in [4.69, 9.17) is 4.74 Å². The number of pyridine rings is 1. The number of aromatic nitrogens is 2. The van der Waals surface area contributed by atoms with Crippen molar-refractivity contribution in [2.75, 3.05) is 30.4 Å². The molecule has 1 aliphatic rings. The van der Waals surface area contributed by atoms with E-state index in [1.807, 2.05) is 18.3 Å². The van der Waals surface area contributed by atoms with Crippen molar-refractivity contribution in [1.82, 2.24) is 9.97 Å². The lowest BCUT2D eigenvalue weighted by molar-refractivity contribution is 0.102. The highest BCUT2D eigenvalue weighted by atomic mass is 32.1. The van der Waals surface area contributed by atoms with Crippen molar-refractivity contribution >= 4 is 28.7 Å². The van der Waals surface area contributed by atoms with Crippen LogP contribution >= 0.6 is 11.3 Å². The molecule has 6 nitrogen and oxygen atoms in total. The summed E-state index contributed by atoms with van der Waals surface area (Å²) in [6.07, 6.45) is 5.59. The monoisotopic (exact) mass is 394 g/mol. The van der Waals surface area contributed by atoms with Crippen LogP contribution in [0.15, 0.2) is 48.0 Å². The minimum atomic E-state index is -0.231. The number of methoxy groups -OCH3 is 1. The molecular formula is C21H22N4O2S. The normalized spacial score (nSPS) is 14.0. The molecule has 0 aliphatic carbocycles. The van der Waals surface area contributed by atoms with E-state index in [0.29, 0.717) is 11.4 Å². The van der Waals surface area contributed by atoms with Crippen molar-refractivity contribution in [2.45, 2.75) is 19.3 Å². The molecule has 4 rings (SSSR count). The molecule has 1 aromatic carbocycles. The minimum Gasteiger partial charge on any atom is -0.497 e. The van der Waals surface area contributed by atoms with Crippen LogP contribution in [0.5, 0.6) is 5.75 Å². The Balaban J connectivity index is 1.43. The van der Waals surface area contributed by atoms with E-state index in [-0.39, 0.29) is 5.91 Å². The van der Waals surface area contributed by atoms with Gasteiger partial charge in [0.25, 0.3) is 5.91 Å². The molecule has 28 heavy (non-hydrogen) atoms. The maximum Gasteiger partial charge on any atom is 0.275 e. The molecule has 3 aromatic rings. The van der Waals surface area contributed by atoms with Gasteiger partial charge in [0, 0.05) is 35.9 Å².